The molecule has 3 aliphatic rings. The van der Waals surface area contributed by atoms with Gasteiger partial charge in [0.05, 0.1) is 18.2 Å². The highest BCUT2D eigenvalue weighted by Crippen LogP contribution is 2.37. The topological polar surface area (TPSA) is 109 Å². The Morgan fingerprint density at radius 3 is 2.71 bits per heavy atom. The van der Waals surface area contributed by atoms with Crippen molar-refractivity contribution in [1.82, 2.24) is 15.3 Å². The van der Waals surface area contributed by atoms with Crippen LogP contribution in [0, 0.1) is 0 Å². The number of rotatable bonds is 6. The van der Waals surface area contributed by atoms with Gasteiger partial charge in [-0.2, -0.15) is 0 Å². The molecule has 2 N–H and O–H groups in total. The minimum Gasteiger partial charge on any atom is -0.462 e. The van der Waals surface area contributed by atoms with E-state index in [1.54, 1.807) is 48.6 Å². The lowest BCUT2D eigenvalue weighted by atomic mass is 10.0. The van der Waals surface area contributed by atoms with Crippen molar-refractivity contribution in [3.05, 3.63) is 66.0 Å². The molecule has 0 radical (unpaired) electrons. The van der Waals surface area contributed by atoms with Crippen LogP contribution in [0.3, 0.4) is 0 Å². The number of ether oxygens (including phenoxy) is 3. The van der Waals surface area contributed by atoms with Gasteiger partial charge in [-0.25, -0.2) is 10.2 Å². The predicted octanol–water partition coefficient (Wildman–Crippen LogP) is 2.16. The second-order valence-electron chi connectivity index (χ2n) is 8.06. The van der Waals surface area contributed by atoms with Gasteiger partial charge < -0.3 is 29.4 Å². The standard InChI is InChI=1S/C24H24N4O6/c1-2-32-24(31)15-3-6-17(7-4-15)25-22(29)13-27-9-10-28-19(23(27)30)12-18(26-28)16-5-8-20-21(11-16)34-14-33-20/h3-11,18-19,26H,2,12-14H2,1H3,(H,25,29). The van der Waals surface area contributed by atoms with E-state index in [1.807, 2.05) is 18.2 Å². The fourth-order valence-corrected chi connectivity index (χ4v) is 4.17. The van der Waals surface area contributed by atoms with E-state index in [0.29, 0.717) is 35.8 Å². The zero-order chi connectivity index (χ0) is 23.7. The SMILES string of the molecule is CCOC(=O)c1ccc(NC(=O)CN2C=CN3NC(c4ccc5c(c4)OCO5)CC3C2=O)cc1. The molecule has 2 aromatic carbocycles. The van der Waals surface area contributed by atoms with E-state index in [0.717, 1.165) is 5.56 Å². The molecule has 10 nitrogen and oxygen atoms in total. The highest BCUT2D eigenvalue weighted by molar-refractivity contribution is 5.96. The van der Waals surface area contributed by atoms with Crippen molar-refractivity contribution in [1.29, 1.82) is 0 Å². The molecule has 0 saturated carbocycles. The van der Waals surface area contributed by atoms with Crippen LogP contribution >= 0.6 is 0 Å². The van der Waals surface area contributed by atoms with E-state index in [1.165, 1.54) is 4.90 Å². The number of hydrazine groups is 1. The van der Waals surface area contributed by atoms with Crippen molar-refractivity contribution >= 4 is 23.5 Å². The third kappa shape index (κ3) is 4.27. The van der Waals surface area contributed by atoms with Crippen LogP contribution in [0.15, 0.2) is 54.9 Å². The van der Waals surface area contributed by atoms with Crippen molar-refractivity contribution in [3.63, 3.8) is 0 Å². The molecule has 0 spiro atoms. The van der Waals surface area contributed by atoms with Gasteiger partial charge in [-0.1, -0.05) is 6.07 Å². The number of carbonyl (C=O) groups is 3. The summed E-state index contributed by atoms with van der Waals surface area (Å²) in [6, 6.07) is 11.7. The maximum atomic E-state index is 13.1. The molecule has 0 aliphatic carbocycles. The van der Waals surface area contributed by atoms with Gasteiger partial charge >= 0.3 is 5.97 Å². The average Bonchev–Trinajstić information content (AvgIpc) is 3.48. The molecule has 0 bridgehead atoms. The number of amides is 2. The molecule has 2 atom stereocenters. The molecule has 10 heteroatoms. The summed E-state index contributed by atoms with van der Waals surface area (Å²) in [7, 11) is 0. The Balaban J connectivity index is 1.18. The summed E-state index contributed by atoms with van der Waals surface area (Å²) in [6.07, 6.45) is 3.91. The van der Waals surface area contributed by atoms with Crippen molar-refractivity contribution in [3.8, 4) is 11.5 Å². The van der Waals surface area contributed by atoms with Gasteiger partial charge in [0.1, 0.15) is 12.6 Å². The van der Waals surface area contributed by atoms with E-state index in [4.69, 9.17) is 14.2 Å². The third-order valence-electron chi connectivity index (χ3n) is 5.87. The fraction of sp³-hybridized carbons (Fsp3) is 0.292. The van der Waals surface area contributed by atoms with Gasteiger partial charge in [-0.05, 0) is 55.3 Å². The Bertz CT molecular complexity index is 1150. The molecule has 2 aromatic rings. The van der Waals surface area contributed by atoms with Crippen LogP contribution in [-0.4, -0.2) is 53.7 Å². The smallest absolute Gasteiger partial charge is 0.338 e. The number of anilines is 1. The first kappa shape index (κ1) is 21.8. The van der Waals surface area contributed by atoms with Crippen molar-refractivity contribution in [2.75, 3.05) is 25.3 Å². The normalized spacial score (nSPS) is 20.3. The molecule has 0 aromatic heterocycles. The lowest BCUT2D eigenvalue weighted by molar-refractivity contribution is -0.137. The number of fused-ring (bicyclic) bond motifs is 2. The lowest BCUT2D eigenvalue weighted by Gasteiger charge is -2.31. The molecular weight excluding hydrogens is 440 g/mol. The minimum atomic E-state index is -0.419. The zero-order valence-electron chi connectivity index (χ0n) is 18.5. The Morgan fingerprint density at radius 2 is 1.91 bits per heavy atom. The summed E-state index contributed by atoms with van der Waals surface area (Å²) in [5.74, 6) is 0.487. The van der Waals surface area contributed by atoms with Gasteiger partial charge in [-0.15, -0.1) is 0 Å². The molecule has 34 heavy (non-hydrogen) atoms. The summed E-state index contributed by atoms with van der Waals surface area (Å²) in [4.78, 5) is 38.8. The van der Waals surface area contributed by atoms with Gasteiger partial charge in [-0.3, -0.25) is 9.59 Å². The Labute approximate surface area is 196 Å². The number of hydrogen-bond acceptors (Lipinski definition) is 8. The summed E-state index contributed by atoms with van der Waals surface area (Å²) < 4.78 is 15.8. The van der Waals surface area contributed by atoms with Crippen LogP contribution < -0.4 is 20.2 Å². The number of benzene rings is 2. The maximum absolute atomic E-state index is 13.1. The predicted molar refractivity (Wildman–Crippen MR) is 121 cm³/mol. The van der Waals surface area contributed by atoms with Crippen molar-refractivity contribution in [2.45, 2.75) is 25.4 Å². The number of nitrogens with zero attached hydrogens (tertiary/aromatic N) is 2. The average molecular weight is 464 g/mol. The minimum absolute atomic E-state index is 0.0696. The first-order chi connectivity index (χ1) is 16.5. The number of hydrogen-bond donors (Lipinski definition) is 2. The third-order valence-corrected chi connectivity index (χ3v) is 5.87. The van der Waals surface area contributed by atoms with Crippen LogP contribution in [0.4, 0.5) is 5.69 Å². The number of nitrogens with one attached hydrogen (secondary N) is 2. The highest BCUT2D eigenvalue weighted by Gasteiger charge is 2.40. The van der Waals surface area contributed by atoms with Gasteiger partial charge in [0.25, 0.3) is 5.91 Å². The monoisotopic (exact) mass is 464 g/mol. The fourth-order valence-electron chi connectivity index (χ4n) is 4.17. The summed E-state index contributed by atoms with van der Waals surface area (Å²) in [5.41, 5.74) is 5.26. The Hall–Kier alpha value is -4.05. The van der Waals surface area contributed by atoms with Gasteiger partial charge in [0.15, 0.2) is 11.5 Å². The lowest BCUT2D eigenvalue weighted by Crippen LogP contribution is -2.49. The van der Waals surface area contributed by atoms with Crippen LogP contribution in [0.5, 0.6) is 11.5 Å². The Morgan fingerprint density at radius 1 is 1.12 bits per heavy atom. The van der Waals surface area contributed by atoms with Crippen molar-refractivity contribution in [2.24, 2.45) is 0 Å². The summed E-state index contributed by atoms with van der Waals surface area (Å²) in [6.45, 7) is 2.12. The Kier molecular flexibility index (Phi) is 5.81. The van der Waals surface area contributed by atoms with E-state index in [9.17, 15) is 14.4 Å². The largest absolute Gasteiger partial charge is 0.462 e. The zero-order valence-corrected chi connectivity index (χ0v) is 18.5. The van der Waals surface area contributed by atoms with Crippen LogP contribution in [0.1, 0.15) is 35.3 Å². The maximum Gasteiger partial charge on any atom is 0.338 e. The molecule has 3 aliphatic heterocycles. The van der Waals surface area contributed by atoms with E-state index < -0.39 is 12.0 Å². The van der Waals surface area contributed by atoms with Crippen LogP contribution in [0.2, 0.25) is 0 Å². The number of esters is 1. The van der Waals surface area contributed by atoms with Gasteiger partial charge in [0.2, 0.25) is 12.7 Å². The first-order valence-corrected chi connectivity index (χ1v) is 11.0. The second kappa shape index (κ2) is 9.06. The molecule has 1 fully saturated rings. The van der Waals surface area contributed by atoms with E-state index in [-0.39, 0.29) is 31.2 Å². The molecule has 1 saturated heterocycles. The summed E-state index contributed by atoms with van der Waals surface area (Å²) in [5, 5.41) is 4.53. The first-order valence-electron chi connectivity index (χ1n) is 11.0. The van der Waals surface area contributed by atoms with Crippen LogP contribution in [0.25, 0.3) is 0 Å². The van der Waals surface area contributed by atoms with E-state index in [2.05, 4.69) is 10.7 Å². The van der Waals surface area contributed by atoms with Gasteiger partial charge in [0, 0.05) is 18.1 Å². The molecule has 2 amide bonds. The number of carbonyl (C=O) groups excluding carboxylic acids is 3. The second-order valence-corrected chi connectivity index (χ2v) is 8.06. The molecule has 3 heterocycles. The van der Waals surface area contributed by atoms with Crippen molar-refractivity contribution < 1.29 is 28.6 Å². The quantitative estimate of drug-likeness (QED) is 0.626. The van der Waals surface area contributed by atoms with E-state index >= 15 is 0 Å². The van der Waals surface area contributed by atoms with Crippen LogP contribution in [-0.2, 0) is 14.3 Å². The molecule has 176 valence electrons. The molecule has 5 rings (SSSR count). The summed E-state index contributed by atoms with van der Waals surface area (Å²) >= 11 is 0. The molecular formula is C24H24N4O6. The molecule has 2 unspecified atom stereocenters. The highest BCUT2D eigenvalue weighted by atomic mass is 16.7.